The molecule has 0 unspecified atom stereocenters. The molecule has 3 aromatic rings. The Labute approximate surface area is 134 Å². The molecular weight excluding hydrogens is 294 g/mol. The van der Waals surface area contributed by atoms with Gasteiger partial charge in [-0.05, 0) is 24.3 Å². The zero-order valence-corrected chi connectivity index (χ0v) is 13.1. The third-order valence-corrected chi connectivity index (χ3v) is 3.33. The summed E-state index contributed by atoms with van der Waals surface area (Å²) in [5.74, 6) is 0. The molecule has 5 nitrogen and oxygen atoms in total. The van der Waals surface area contributed by atoms with Gasteiger partial charge in [-0.1, -0.05) is 18.2 Å². The molecule has 5 heteroatoms. The largest absolute Gasteiger partial charge is 0.394 e. The van der Waals surface area contributed by atoms with Gasteiger partial charge in [0, 0.05) is 34.5 Å². The number of H-pyrrole nitrogens is 1. The predicted molar refractivity (Wildman–Crippen MR) is 91.0 cm³/mol. The van der Waals surface area contributed by atoms with Crippen LogP contribution in [0.25, 0.3) is 21.8 Å². The highest BCUT2D eigenvalue weighted by Gasteiger charge is 2.03. The number of aliphatic hydroxyl groups excluding tert-OH is 1. The molecule has 0 bridgehead atoms. The molecule has 0 amide bonds. The maximum Gasteiger partial charge on any atom is 0.150 e. The summed E-state index contributed by atoms with van der Waals surface area (Å²) < 4.78 is 9.53. The van der Waals surface area contributed by atoms with Gasteiger partial charge in [-0.25, -0.2) is 0 Å². The Hall–Kier alpha value is -2.21. The number of aromatic amines is 1. The van der Waals surface area contributed by atoms with Crippen LogP contribution in [-0.4, -0.2) is 49.9 Å². The van der Waals surface area contributed by atoms with Gasteiger partial charge in [0.2, 0.25) is 0 Å². The Balaban J connectivity index is 0.000000207. The lowest BCUT2D eigenvalue weighted by Crippen LogP contribution is -2.05. The Morgan fingerprint density at radius 2 is 1.83 bits per heavy atom. The van der Waals surface area contributed by atoms with Gasteiger partial charge in [0.05, 0.1) is 26.4 Å². The van der Waals surface area contributed by atoms with Gasteiger partial charge in [-0.2, -0.15) is 0 Å². The van der Waals surface area contributed by atoms with Crippen LogP contribution in [0.1, 0.15) is 10.4 Å². The third kappa shape index (κ3) is 4.63. The van der Waals surface area contributed by atoms with E-state index in [2.05, 4.69) is 15.8 Å². The summed E-state index contributed by atoms with van der Waals surface area (Å²) >= 11 is 0. The van der Waals surface area contributed by atoms with Gasteiger partial charge in [0.1, 0.15) is 6.29 Å². The number of para-hydroxylation sites is 1. The normalized spacial score (nSPS) is 10.5. The van der Waals surface area contributed by atoms with Gasteiger partial charge in [0.15, 0.2) is 0 Å². The minimum Gasteiger partial charge on any atom is -0.394 e. The van der Waals surface area contributed by atoms with Crippen LogP contribution in [-0.2, 0) is 9.47 Å². The average Bonchev–Trinajstić information content (AvgIpc) is 2.97. The second kappa shape index (κ2) is 9.05. The van der Waals surface area contributed by atoms with Gasteiger partial charge < -0.3 is 19.6 Å². The molecule has 3 rings (SSSR count). The van der Waals surface area contributed by atoms with E-state index in [1.54, 1.807) is 7.11 Å². The molecule has 23 heavy (non-hydrogen) atoms. The van der Waals surface area contributed by atoms with E-state index in [0.717, 1.165) is 28.1 Å². The molecule has 0 saturated heterocycles. The van der Waals surface area contributed by atoms with Crippen LogP contribution in [0, 0.1) is 0 Å². The molecule has 2 aromatic carbocycles. The molecule has 0 aliphatic rings. The zero-order chi connectivity index (χ0) is 16.5. The van der Waals surface area contributed by atoms with Gasteiger partial charge >= 0.3 is 0 Å². The van der Waals surface area contributed by atoms with E-state index in [4.69, 9.17) is 9.84 Å². The topological polar surface area (TPSA) is 71.5 Å². The molecule has 0 saturated carbocycles. The van der Waals surface area contributed by atoms with E-state index >= 15 is 0 Å². The molecule has 1 heterocycles. The Bertz CT molecular complexity index is 745. The van der Waals surface area contributed by atoms with E-state index < -0.39 is 0 Å². The number of nitrogens with one attached hydrogen (secondary N) is 1. The summed E-state index contributed by atoms with van der Waals surface area (Å²) in [4.78, 5) is 14.0. The standard InChI is InChI=1S/C13H9NO.C5H12O3/c15-8-9-5-6-13-11(7-9)10-3-1-2-4-12(10)14-13;1-7-4-5-8-3-2-6/h1-8,14H;6H,2-5H2,1H3. The lowest BCUT2D eigenvalue weighted by molar-refractivity contribution is 0.0500. The van der Waals surface area contributed by atoms with E-state index in [9.17, 15) is 4.79 Å². The second-order valence-corrected chi connectivity index (χ2v) is 4.92. The number of ether oxygens (including phenoxy) is 2. The fourth-order valence-electron chi connectivity index (χ4n) is 2.25. The van der Waals surface area contributed by atoms with Crippen LogP contribution < -0.4 is 0 Å². The average molecular weight is 315 g/mol. The maximum absolute atomic E-state index is 10.7. The van der Waals surface area contributed by atoms with Crippen molar-refractivity contribution in [2.75, 3.05) is 33.5 Å². The number of hydrogen-bond acceptors (Lipinski definition) is 4. The van der Waals surface area contributed by atoms with Crippen molar-refractivity contribution in [3.8, 4) is 0 Å². The summed E-state index contributed by atoms with van der Waals surface area (Å²) in [6.45, 7) is 1.66. The zero-order valence-electron chi connectivity index (χ0n) is 13.1. The molecule has 0 spiro atoms. The lowest BCUT2D eigenvalue weighted by atomic mass is 10.1. The number of hydrogen-bond donors (Lipinski definition) is 2. The molecule has 2 N–H and O–H groups in total. The summed E-state index contributed by atoms with van der Waals surface area (Å²) in [5, 5.41) is 10.5. The lowest BCUT2D eigenvalue weighted by Gasteiger charge is -1.98. The molecule has 0 radical (unpaired) electrons. The minimum atomic E-state index is 0.0870. The number of fused-ring (bicyclic) bond motifs is 3. The number of aromatic nitrogens is 1. The molecule has 0 aliphatic heterocycles. The predicted octanol–water partition coefficient (Wildman–Crippen LogP) is 2.78. The van der Waals surface area contributed by atoms with Crippen molar-refractivity contribution in [2.45, 2.75) is 0 Å². The van der Waals surface area contributed by atoms with Gasteiger partial charge in [-0.3, -0.25) is 4.79 Å². The van der Waals surface area contributed by atoms with Crippen LogP contribution in [0.5, 0.6) is 0 Å². The van der Waals surface area contributed by atoms with Gasteiger partial charge in [0.25, 0.3) is 0 Å². The Kier molecular flexibility index (Phi) is 6.75. The van der Waals surface area contributed by atoms with Crippen LogP contribution in [0.15, 0.2) is 42.5 Å². The first-order valence-electron chi connectivity index (χ1n) is 7.43. The first-order chi connectivity index (χ1) is 11.3. The first kappa shape index (κ1) is 17.1. The van der Waals surface area contributed by atoms with Crippen LogP contribution in [0.3, 0.4) is 0 Å². The first-order valence-corrected chi connectivity index (χ1v) is 7.43. The monoisotopic (exact) mass is 315 g/mol. The number of methoxy groups -OCH3 is 1. The Morgan fingerprint density at radius 1 is 1.04 bits per heavy atom. The van der Waals surface area contributed by atoms with Crippen LogP contribution in [0.2, 0.25) is 0 Å². The van der Waals surface area contributed by atoms with E-state index in [-0.39, 0.29) is 6.61 Å². The summed E-state index contributed by atoms with van der Waals surface area (Å²) in [6.07, 6.45) is 0.876. The second-order valence-electron chi connectivity index (χ2n) is 4.92. The molecule has 0 fully saturated rings. The molecular formula is C18H21NO4. The number of aliphatic hydroxyl groups is 1. The number of benzene rings is 2. The quantitative estimate of drug-likeness (QED) is 0.542. The van der Waals surface area contributed by atoms with E-state index in [1.165, 1.54) is 0 Å². The van der Waals surface area contributed by atoms with Crippen molar-refractivity contribution in [2.24, 2.45) is 0 Å². The summed E-state index contributed by atoms with van der Waals surface area (Å²) in [6, 6.07) is 13.8. The molecule has 0 aliphatic carbocycles. The van der Waals surface area contributed by atoms with Crippen molar-refractivity contribution in [1.29, 1.82) is 0 Å². The van der Waals surface area contributed by atoms with Crippen molar-refractivity contribution in [3.63, 3.8) is 0 Å². The SMILES string of the molecule is COCCOCCO.O=Cc1ccc2[nH]c3ccccc3c2c1. The Morgan fingerprint density at radius 3 is 2.57 bits per heavy atom. The van der Waals surface area contributed by atoms with Crippen molar-refractivity contribution < 1.29 is 19.4 Å². The van der Waals surface area contributed by atoms with Crippen LogP contribution in [0.4, 0.5) is 0 Å². The highest BCUT2D eigenvalue weighted by atomic mass is 16.5. The number of aldehydes is 1. The molecule has 1 aromatic heterocycles. The summed E-state index contributed by atoms with van der Waals surface area (Å²) in [7, 11) is 1.61. The van der Waals surface area contributed by atoms with Crippen molar-refractivity contribution in [3.05, 3.63) is 48.0 Å². The fourth-order valence-corrected chi connectivity index (χ4v) is 2.25. The molecule has 122 valence electrons. The van der Waals surface area contributed by atoms with E-state index in [1.807, 2.05) is 36.4 Å². The van der Waals surface area contributed by atoms with Crippen molar-refractivity contribution in [1.82, 2.24) is 4.98 Å². The number of carbonyl (C=O) groups is 1. The third-order valence-electron chi connectivity index (χ3n) is 3.33. The highest BCUT2D eigenvalue weighted by Crippen LogP contribution is 2.25. The van der Waals surface area contributed by atoms with E-state index in [0.29, 0.717) is 25.4 Å². The minimum absolute atomic E-state index is 0.0870. The highest BCUT2D eigenvalue weighted by molar-refractivity contribution is 6.08. The molecule has 0 atom stereocenters. The van der Waals surface area contributed by atoms with Crippen molar-refractivity contribution >= 4 is 28.1 Å². The van der Waals surface area contributed by atoms with Crippen LogP contribution >= 0.6 is 0 Å². The van der Waals surface area contributed by atoms with Gasteiger partial charge in [-0.15, -0.1) is 0 Å². The smallest absolute Gasteiger partial charge is 0.150 e. The summed E-state index contributed by atoms with van der Waals surface area (Å²) in [5.41, 5.74) is 2.89. The fraction of sp³-hybridized carbons (Fsp3) is 0.278. The number of carbonyl (C=O) groups excluding carboxylic acids is 1. The maximum atomic E-state index is 10.7. The number of rotatable bonds is 6.